The maximum Gasteiger partial charge on any atom is 0.393 e. The van der Waals surface area contributed by atoms with E-state index < -0.39 is 12.1 Å². The van der Waals surface area contributed by atoms with Crippen molar-refractivity contribution in [2.24, 2.45) is 5.92 Å². The fraction of sp³-hybridized carbons (Fsp3) is 1.00. The summed E-state index contributed by atoms with van der Waals surface area (Å²) in [6.45, 7) is 7.65. The summed E-state index contributed by atoms with van der Waals surface area (Å²) in [5.41, 5.74) is 0. The molecular weight excluding hydrogens is 191 g/mol. The molecule has 1 rings (SSSR count). The number of rotatable bonds is 1. The van der Waals surface area contributed by atoms with E-state index in [9.17, 15) is 13.2 Å². The minimum Gasteiger partial charge on any atom is -0.303 e. The molecule has 0 N–H and O–H groups in total. The molecule has 86 valence electrons. The number of nitrogens with zero attached hydrogens (tertiary/aromatic N) is 1. The standard InChI is InChI=1S/C8H14F3N.C2H6/c1-2-12-5-3-4-7(6-12)8(9,10)11;1-2/h7H,2-6H2,1H3;1-2H3/t7-;/m1./s1. The normalized spacial score (nSPS) is 24.0. The van der Waals surface area contributed by atoms with E-state index in [0.717, 1.165) is 13.1 Å². The molecule has 1 nitrogen and oxygen atoms in total. The van der Waals surface area contributed by atoms with Crippen LogP contribution in [0.25, 0.3) is 0 Å². The number of likely N-dealkylation sites (tertiary alicyclic amines) is 1. The Balaban J connectivity index is 0.000000791. The first-order valence-electron chi connectivity index (χ1n) is 5.33. The molecule has 0 bridgehead atoms. The summed E-state index contributed by atoms with van der Waals surface area (Å²) in [6.07, 6.45) is -3.01. The highest BCUT2D eigenvalue weighted by Gasteiger charge is 2.41. The molecule has 0 aromatic heterocycles. The van der Waals surface area contributed by atoms with Crippen molar-refractivity contribution in [1.29, 1.82) is 0 Å². The van der Waals surface area contributed by atoms with E-state index in [1.165, 1.54) is 0 Å². The topological polar surface area (TPSA) is 3.24 Å². The average molecular weight is 211 g/mol. The smallest absolute Gasteiger partial charge is 0.303 e. The van der Waals surface area contributed by atoms with Crippen molar-refractivity contribution in [3.05, 3.63) is 0 Å². The molecule has 1 aliphatic heterocycles. The van der Waals surface area contributed by atoms with Gasteiger partial charge in [-0.05, 0) is 25.9 Å². The van der Waals surface area contributed by atoms with E-state index in [-0.39, 0.29) is 6.54 Å². The minimum absolute atomic E-state index is 0.194. The van der Waals surface area contributed by atoms with Crippen LogP contribution in [0.4, 0.5) is 13.2 Å². The van der Waals surface area contributed by atoms with Gasteiger partial charge in [0.05, 0.1) is 5.92 Å². The van der Waals surface area contributed by atoms with Crippen LogP contribution in [0.3, 0.4) is 0 Å². The van der Waals surface area contributed by atoms with Crippen molar-refractivity contribution in [1.82, 2.24) is 4.90 Å². The summed E-state index contributed by atoms with van der Waals surface area (Å²) in [4.78, 5) is 1.86. The van der Waals surface area contributed by atoms with Crippen LogP contribution in [0.1, 0.15) is 33.6 Å². The molecule has 1 saturated heterocycles. The largest absolute Gasteiger partial charge is 0.393 e. The molecule has 0 aliphatic carbocycles. The number of piperidine rings is 1. The van der Waals surface area contributed by atoms with Gasteiger partial charge in [-0.15, -0.1) is 0 Å². The number of hydrogen-bond acceptors (Lipinski definition) is 1. The van der Waals surface area contributed by atoms with Crippen molar-refractivity contribution in [2.45, 2.75) is 39.8 Å². The van der Waals surface area contributed by atoms with E-state index >= 15 is 0 Å². The summed E-state index contributed by atoms with van der Waals surface area (Å²) in [6, 6.07) is 0. The van der Waals surface area contributed by atoms with Gasteiger partial charge in [-0.2, -0.15) is 13.2 Å². The van der Waals surface area contributed by atoms with E-state index in [1.54, 1.807) is 0 Å². The van der Waals surface area contributed by atoms with Crippen molar-refractivity contribution in [3.8, 4) is 0 Å². The lowest BCUT2D eigenvalue weighted by molar-refractivity contribution is -0.186. The van der Waals surface area contributed by atoms with Crippen molar-refractivity contribution < 1.29 is 13.2 Å². The third-order valence-corrected chi connectivity index (χ3v) is 2.42. The predicted molar refractivity (Wildman–Crippen MR) is 52.2 cm³/mol. The maximum atomic E-state index is 12.2. The van der Waals surface area contributed by atoms with Gasteiger partial charge in [0.25, 0.3) is 0 Å². The number of halogens is 3. The molecule has 1 heterocycles. The van der Waals surface area contributed by atoms with Gasteiger partial charge in [0.1, 0.15) is 0 Å². The third kappa shape index (κ3) is 4.31. The van der Waals surface area contributed by atoms with Gasteiger partial charge in [-0.1, -0.05) is 20.8 Å². The highest BCUT2D eigenvalue weighted by molar-refractivity contribution is 4.77. The zero-order valence-electron chi connectivity index (χ0n) is 9.19. The molecule has 0 aromatic rings. The second-order valence-corrected chi connectivity index (χ2v) is 3.27. The SMILES string of the molecule is CC.CCN1CCC[C@@H](C(F)(F)F)C1. The van der Waals surface area contributed by atoms with E-state index in [2.05, 4.69) is 0 Å². The zero-order valence-corrected chi connectivity index (χ0v) is 9.19. The van der Waals surface area contributed by atoms with Crippen molar-refractivity contribution in [2.75, 3.05) is 19.6 Å². The minimum atomic E-state index is -3.99. The molecule has 0 radical (unpaired) electrons. The number of alkyl halides is 3. The zero-order chi connectivity index (χ0) is 11.2. The van der Waals surface area contributed by atoms with E-state index in [0.29, 0.717) is 12.8 Å². The van der Waals surface area contributed by atoms with Gasteiger partial charge < -0.3 is 4.90 Å². The van der Waals surface area contributed by atoms with Crippen LogP contribution in [0.15, 0.2) is 0 Å². The Labute approximate surface area is 84.3 Å². The first-order chi connectivity index (χ1) is 6.54. The molecule has 0 amide bonds. The Kier molecular flexibility index (Phi) is 6.16. The molecule has 0 spiro atoms. The lowest BCUT2D eigenvalue weighted by Gasteiger charge is -2.32. The van der Waals surface area contributed by atoms with E-state index in [4.69, 9.17) is 0 Å². The van der Waals surface area contributed by atoms with Gasteiger partial charge in [0.15, 0.2) is 0 Å². The van der Waals surface area contributed by atoms with Crippen LogP contribution < -0.4 is 0 Å². The second kappa shape index (κ2) is 6.27. The Hall–Kier alpha value is -0.250. The lowest BCUT2D eigenvalue weighted by atomic mass is 9.98. The third-order valence-electron chi connectivity index (χ3n) is 2.42. The van der Waals surface area contributed by atoms with Gasteiger partial charge in [-0.3, -0.25) is 0 Å². The quantitative estimate of drug-likeness (QED) is 0.643. The Bertz CT molecular complexity index is 145. The highest BCUT2D eigenvalue weighted by Crippen LogP contribution is 2.32. The van der Waals surface area contributed by atoms with Crippen LogP contribution >= 0.6 is 0 Å². The molecule has 1 aliphatic rings. The first-order valence-corrected chi connectivity index (χ1v) is 5.33. The molecule has 0 saturated carbocycles. The van der Waals surface area contributed by atoms with Crippen molar-refractivity contribution in [3.63, 3.8) is 0 Å². The van der Waals surface area contributed by atoms with Crippen molar-refractivity contribution >= 4 is 0 Å². The van der Waals surface area contributed by atoms with Crippen LogP contribution in [-0.2, 0) is 0 Å². The fourth-order valence-corrected chi connectivity index (χ4v) is 1.61. The Morgan fingerprint density at radius 3 is 2.29 bits per heavy atom. The summed E-state index contributed by atoms with van der Waals surface area (Å²) in [5, 5.41) is 0. The molecular formula is C10H20F3N. The molecule has 0 aromatic carbocycles. The first kappa shape index (κ1) is 13.8. The number of hydrogen-bond donors (Lipinski definition) is 0. The van der Waals surface area contributed by atoms with Crippen LogP contribution in [0, 0.1) is 5.92 Å². The van der Waals surface area contributed by atoms with Gasteiger partial charge in [-0.25, -0.2) is 0 Å². The summed E-state index contributed by atoms with van der Waals surface area (Å²) < 4.78 is 36.7. The molecule has 1 fully saturated rings. The molecule has 0 unspecified atom stereocenters. The van der Waals surface area contributed by atoms with Gasteiger partial charge in [0.2, 0.25) is 0 Å². The average Bonchev–Trinajstić information content (AvgIpc) is 2.20. The van der Waals surface area contributed by atoms with Crippen LogP contribution in [-0.4, -0.2) is 30.7 Å². The predicted octanol–water partition coefficient (Wildman–Crippen LogP) is 3.31. The van der Waals surface area contributed by atoms with Gasteiger partial charge in [0, 0.05) is 6.54 Å². The fourth-order valence-electron chi connectivity index (χ4n) is 1.61. The van der Waals surface area contributed by atoms with Crippen LogP contribution in [0.2, 0.25) is 0 Å². The Morgan fingerprint density at radius 1 is 1.29 bits per heavy atom. The Morgan fingerprint density at radius 2 is 1.86 bits per heavy atom. The summed E-state index contributed by atoms with van der Waals surface area (Å²) >= 11 is 0. The van der Waals surface area contributed by atoms with Gasteiger partial charge >= 0.3 is 6.18 Å². The van der Waals surface area contributed by atoms with E-state index in [1.807, 2.05) is 25.7 Å². The molecule has 1 atom stereocenters. The van der Waals surface area contributed by atoms with Crippen LogP contribution in [0.5, 0.6) is 0 Å². The molecule has 4 heteroatoms. The maximum absolute atomic E-state index is 12.2. The second-order valence-electron chi connectivity index (χ2n) is 3.27. The molecule has 14 heavy (non-hydrogen) atoms. The summed E-state index contributed by atoms with van der Waals surface area (Å²) in [5.74, 6) is -1.09. The lowest BCUT2D eigenvalue weighted by Crippen LogP contribution is -2.41. The summed E-state index contributed by atoms with van der Waals surface area (Å²) in [7, 11) is 0. The highest BCUT2D eigenvalue weighted by atomic mass is 19.4. The monoisotopic (exact) mass is 211 g/mol.